The van der Waals surface area contributed by atoms with Gasteiger partial charge in [-0.3, -0.25) is 9.36 Å². The van der Waals surface area contributed by atoms with Crippen molar-refractivity contribution < 1.29 is 36.2 Å². The first-order valence-corrected chi connectivity index (χ1v) is 14.3. The first-order valence-electron chi connectivity index (χ1n) is 12.6. The van der Waals surface area contributed by atoms with Gasteiger partial charge in [0.2, 0.25) is 0 Å². The van der Waals surface area contributed by atoms with E-state index >= 15 is 0 Å². The van der Waals surface area contributed by atoms with Crippen LogP contribution in [0, 0.1) is 0 Å². The van der Waals surface area contributed by atoms with Crippen molar-refractivity contribution in [3.05, 3.63) is 83.4 Å². The van der Waals surface area contributed by atoms with Gasteiger partial charge in [-0.05, 0) is 73.0 Å². The molecule has 12 heteroatoms. The normalized spacial score (nSPS) is 14.7. The van der Waals surface area contributed by atoms with Crippen molar-refractivity contribution in [2.24, 2.45) is 0 Å². The first kappa shape index (κ1) is 27.7. The summed E-state index contributed by atoms with van der Waals surface area (Å²) in [7, 11) is -3.38. The van der Waals surface area contributed by atoms with Gasteiger partial charge in [0.15, 0.2) is 9.84 Å². The van der Waals surface area contributed by atoms with Gasteiger partial charge in [0.05, 0.1) is 39.9 Å². The van der Waals surface area contributed by atoms with E-state index in [-0.39, 0.29) is 34.0 Å². The summed E-state index contributed by atoms with van der Waals surface area (Å²) in [4.78, 5) is 17.7. The molecule has 1 aromatic heterocycles. The molecule has 0 bridgehead atoms. The summed E-state index contributed by atoms with van der Waals surface area (Å²) in [6, 6.07) is 14.8. The quantitative estimate of drug-likeness (QED) is 0.276. The SMILES string of the molecule is CCS(=O)(=O)c1ccc([C@H](CO)NC(=O)c2ccc3c(c2)nc(Oc2ccc(C(F)(F)F)cc2)n3C2CC2)cc1. The van der Waals surface area contributed by atoms with Gasteiger partial charge in [-0.2, -0.15) is 18.2 Å². The molecule has 1 amide bonds. The summed E-state index contributed by atoms with van der Waals surface area (Å²) < 4.78 is 70.6. The number of alkyl halides is 3. The summed E-state index contributed by atoms with van der Waals surface area (Å²) in [6.07, 6.45) is -2.66. The maximum atomic E-state index is 13.1. The van der Waals surface area contributed by atoms with Gasteiger partial charge in [-0.25, -0.2) is 8.42 Å². The number of carbonyl (C=O) groups is 1. The van der Waals surface area contributed by atoms with Gasteiger partial charge in [0.25, 0.3) is 5.91 Å². The Morgan fingerprint density at radius 2 is 1.77 bits per heavy atom. The molecular formula is C28H26F3N3O5S. The fraction of sp³-hybridized carbons (Fsp3) is 0.286. The highest BCUT2D eigenvalue weighted by atomic mass is 32.2. The second kappa shape index (κ2) is 10.6. The number of amides is 1. The van der Waals surface area contributed by atoms with Gasteiger partial charge in [-0.1, -0.05) is 19.1 Å². The highest BCUT2D eigenvalue weighted by molar-refractivity contribution is 7.91. The Balaban J connectivity index is 1.37. The number of nitrogens with zero attached hydrogens (tertiary/aromatic N) is 2. The molecule has 1 saturated carbocycles. The minimum atomic E-state index is -4.45. The van der Waals surface area contributed by atoms with Crippen LogP contribution in [0.5, 0.6) is 11.8 Å². The summed E-state index contributed by atoms with van der Waals surface area (Å²) in [5.41, 5.74) is 1.22. The molecule has 8 nitrogen and oxygen atoms in total. The third-order valence-corrected chi connectivity index (χ3v) is 8.48. The predicted molar refractivity (Wildman–Crippen MR) is 141 cm³/mol. The number of hydrogen-bond donors (Lipinski definition) is 2. The van der Waals surface area contributed by atoms with Gasteiger partial charge >= 0.3 is 12.2 Å². The lowest BCUT2D eigenvalue weighted by molar-refractivity contribution is -0.137. The minimum absolute atomic E-state index is 0.0391. The van der Waals surface area contributed by atoms with Crippen molar-refractivity contribution >= 4 is 26.8 Å². The monoisotopic (exact) mass is 573 g/mol. The largest absolute Gasteiger partial charge is 0.425 e. The average molecular weight is 574 g/mol. The maximum absolute atomic E-state index is 13.1. The molecular weight excluding hydrogens is 547 g/mol. The van der Waals surface area contributed by atoms with Gasteiger partial charge in [0, 0.05) is 11.6 Å². The fourth-order valence-corrected chi connectivity index (χ4v) is 5.23. The number of hydrogen-bond acceptors (Lipinski definition) is 6. The Hall–Kier alpha value is -3.90. The van der Waals surface area contributed by atoms with Crippen LogP contribution >= 0.6 is 0 Å². The number of rotatable bonds is 9. The van der Waals surface area contributed by atoms with Crippen molar-refractivity contribution in [1.29, 1.82) is 0 Å². The van der Waals surface area contributed by atoms with E-state index in [1.54, 1.807) is 37.3 Å². The zero-order valence-electron chi connectivity index (χ0n) is 21.4. The maximum Gasteiger partial charge on any atom is 0.416 e. The van der Waals surface area contributed by atoms with Crippen molar-refractivity contribution in [3.63, 3.8) is 0 Å². The Labute approximate surface area is 228 Å². The second-order valence-electron chi connectivity index (χ2n) is 9.50. The molecule has 1 fully saturated rings. The van der Waals surface area contributed by atoms with Crippen LogP contribution in [0.15, 0.2) is 71.6 Å². The summed E-state index contributed by atoms with van der Waals surface area (Å²) in [6.45, 7) is 1.14. The van der Waals surface area contributed by atoms with Crippen molar-refractivity contribution in [3.8, 4) is 11.8 Å². The Morgan fingerprint density at radius 3 is 2.35 bits per heavy atom. The molecule has 4 aromatic rings. The standard InChI is InChI=1S/C28H26F3N3O5S/c1-2-40(37,38)22-12-3-17(4-13-22)24(16-35)32-26(36)18-5-14-25-23(15-18)33-27(34(25)20-8-9-20)39-21-10-6-19(7-11-21)28(29,30)31/h3-7,10-15,20,24,35H,2,8-9,16H2,1H3,(H,32,36)/t24-/m0/s1. The van der Waals surface area contributed by atoms with E-state index in [1.807, 2.05) is 4.57 Å². The number of fused-ring (bicyclic) bond motifs is 1. The smallest absolute Gasteiger partial charge is 0.416 e. The molecule has 3 aromatic carbocycles. The molecule has 210 valence electrons. The van der Waals surface area contributed by atoms with E-state index in [0.29, 0.717) is 16.6 Å². The van der Waals surface area contributed by atoms with Crippen LogP contribution in [0.4, 0.5) is 13.2 Å². The number of aliphatic hydroxyl groups excluding tert-OH is 1. The highest BCUT2D eigenvalue weighted by Gasteiger charge is 2.31. The highest BCUT2D eigenvalue weighted by Crippen LogP contribution is 2.42. The first-order chi connectivity index (χ1) is 19.0. The predicted octanol–water partition coefficient (Wildman–Crippen LogP) is 5.44. The minimum Gasteiger partial charge on any atom is -0.425 e. The van der Waals surface area contributed by atoms with Crippen LogP contribution < -0.4 is 10.1 Å². The van der Waals surface area contributed by atoms with Crippen molar-refractivity contribution in [1.82, 2.24) is 14.9 Å². The van der Waals surface area contributed by atoms with E-state index in [9.17, 15) is 31.5 Å². The van der Waals surface area contributed by atoms with E-state index in [4.69, 9.17) is 4.74 Å². The number of sulfone groups is 1. The molecule has 1 aliphatic carbocycles. The number of carbonyl (C=O) groups excluding carboxylic acids is 1. The van der Waals surface area contributed by atoms with Crippen LogP contribution in [-0.2, 0) is 16.0 Å². The molecule has 0 spiro atoms. The van der Waals surface area contributed by atoms with Crippen molar-refractivity contribution in [2.45, 2.75) is 42.9 Å². The van der Waals surface area contributed by atoms with Gasteiger partial charge in [0.1, 0.15) is 5.75 Å². The number of aromatic nitrogens is 2. The molecule has 0 aliphatic heterocycles. The lowest BCUT2D eigenvalue weighted by Crippen LogP contribution is -2.30. The molecule has 0 unspecified atom stereocenters. The van der Waals surface area contributed by atoms with Crippen LogP contribution in [0.25, 0.3) is 11.0 Å². The van der Waals surface area contributed by atoms with E-state index in [0.717, 1.165) is 25.0 Å². The average Bonchev–Trinajstić information content (AvgIpc) is 3.71. The zero-order valence-corrected chi connectivity index (χ0v) is 22.2. The summed E-state index contributed by atoms with van der Waals surface area (Å²) >= 11 is 0. The Bertz CT molecular complexity index is 1650. The number of benzene rings is 3. The van der Waals surface area contributed by atoms with Gasteiger partial charge < -0.3 is 15.2 Å². The van der Waals surface area contributed by atoms with E-state index < -0.39 is 40.1 Å². The third kappa shape index (κ3) is 5.68. The number of nitrogens with one attached hydrogen (secondary N) is 1. The molecule has 2 N–H and O–H groups in total. The van der Waals surface area contributed by atoms with Crippen LogP contribution in [-0.4, -0.2) is 41.3 Å². The molecule has 0 saturated heterocycles. The second-order valence-corrected chi connectivity index (χ2v) is 11.8. The van der Waals surface area contributed by atoms with Gasteiger partial charge in [-0.15, -0.1) is 0 Å². The number of ether oxygens (including phenoxy) is 1. The number of aliphatic hydroxyl groups is 1. The molecule has 1 aliphatic rings. The summed E-state index contributed by atoms with van der Waals surface area (Å²) in [5, 5.41) is 12.7. The molecule has 1 heterocycles. The van der Waals surface area contributed by atoms with Crippen molar-refractivity contribution in [2.75, 3.05) is 12.4 Å². The molecule has 40 heavy (non-hydrogen) atoms. The van der Waals surface area contributed by atoms with E-state index in [1.165, 1.54) is 24.3 Å². The van der Waals surface area contributed by atoms with E-state index in [2.05, 4.69) is 10.3 Å². The topological polar surface area (TPSA) is 111 Å². The Morgan fingerprint density at radius 1 is 1.10 bits per heavy atom. The third-order valence-electron chi connectivity index (χ3n) is 6.73. The lowest BCUT2D eigenvalue weighted by Gasteiger charge is -2.17. The molecule has 5 rings (SSSR count). The van der Waals surface area contributed by atoms with Crippen LogP contribution in [0.1, 0.15) is 53.3 Å². The Kier molecular flexibility index (Phi) is 7.32. The zero-order chi connectivity index (χ0) is 28.7. The number of halogens is 3. The van der Waals surface area contributed by atoms with Crippen LogP contribution in [0.2, 0.25) is 0 Å². The fourth-order valence-electron chi connectivity index (χ4n) is 4.34. The van der Waals surface area contributed by atoms with Crippen LogP contribution in [0.3, 0.4) is 0 Å². The number of imidazole rings is 1. The molecule has 1 atom stereocenters. The summed E-state index contributed by atoms with van der Waals surface area (Å²) in [5.74, 6) is -0.313. The molecule has 0 radical (unpaired) electrons. The lowest BCUT2D eigenvalue weighted by atomic mass is 10.1.